The molecule has 0 atom stereocenters. The second-order valence-corrected chi connectivity index (χ2v) is 8.43. The van der Waals surface area contributed by atoms with Gasteiger partial charge in [0.15, 0.2) is 5.78 Å². The fourth-order valence-electron chi connectivity index (χ4n) is 3.86. The lowest BCUT2D eigenvalue weighted by Crippen LogP contribution is -2.26. The topological polar surface area (TPSA) is 78.8 Å². The van der Waals surface area contributed by atoms with Crippen LogP contribution >= 0.6 is 0 Å². The molecule has 2 aliphatic rings. The van der Waals surface area contributed by atoms with Crippen molar-refractivity contribution >= 4 is 29.3 Å². The Bertz CT molecular complexity index is 787. The molecule has 0 saturated heterocycles. The van der Waals surface area contributed by atoms with Gasteiger partial charge >= 0.3 is 0 Å². The van der Waals surface area contributed by atoms with E-state index in [-0.39, 0.29) is 34.4 Å². The van der Waals surface area contributed by atoms with Gasteiger partial charge in [0.1, 0.15) is 5.76 Å². The summed E-state index contributed by atoms with van der Waals surface area (Å²) in [4.78, 5) is 29.0. The average Bonchev–Trinajstić information content (AvgIpc) is 2.61. The van der Waals surface area contributed by atoms with Crippen LogP contribution in [0.4, 0.5) is 11.4 Å². The molecule has 0 aliphatic heterocycles. The molecule has 2 N–H and O–H groups in total. The number of ketones is 1. The van der Waals surface area contributed by atoms with Crippen molar-refractivity contribution in [3.8, 4) is 0 Å². The van der Waals surface area contributed by atoms with Gasteiger partial charge in [-0.1, -0.05) is 39.2 Å². The summed E-state index contributed by atoms with van der Waals surface area (Å²) in [6.45, 7) is 3.93. The number of carbonyl (C=O) groups is 2. The van der Waals surface area contributed by atoms with Crippen molar-refractivity contribution in [3.05, 3.63) is 35.6 Å². The van der Waals surface area contributed by atoms with E-state index >= 15 is 0 Å². The minimum absolute atomic E-state index is 0.0703. The van der Waals surface area contributed by atoms with Crippen molar-refractivity contribution in [1.82, 2.24) is 0 Å². The first-order valence-electron chi connectivity index (χ1n) is 9.74. The van der Waals surface area contributed by atoms with E-state index in [2.05, 4.69) is 10.3 Å². The summed E-state index contributed by atoms with van der Waals surface area (Å²) in [5.74, 6) is 0.174. The maximum absolute atomic E-state index is 12.4. The number of aliphatic imine (C=N–C) groups is 1. The van der Waals surface area contributed by atoms with Crippen LogP contribution in [0.3, 0.4) is 0 Å². The zero-order valence-corrected chi connectivity index (χ0v) is 16.1. The van der Waals surface area contributed by atoms with Crippen LogP contribution < -0.4 is 5.32 Å². The number of Topliss-reactive ketones (excluding diaryl/α,β-unsaturated/α-hetero) is 1. The summed E-state index contributed by atoms with van der Waals surface area (Å²) in [6, 6.07) is 7.25. The molecule has 1 aromatic rings. The fraction of sp³-hybridized carbons (Fsp3) is 0.500. The minimum atomic E-state index is -0.220. The number of benzene rings is 1. The van der Waals surface area contributed by atoms with Gasteiger partial charge < -0.3 is 10.4 Å². The highest BCUT2D eigenvalue weighted by Crippen LogP contribution is 2.35. The molecule has 0 aromatic heterocycles. The lowest BCUT2D eigenvalue weighted by atomic mass is 9.77. The highest BCUT2D eigenvalue weighted by Gasteiger charge is 2.32. The number of rotatable bonds is 4. The van der Waals surface area contributed by atoms with Crippen LogP contribution in [0.1, 0.15) is 58.8 Å². The highest BCUT2D eigenvalue weighted by molar-refractivity contribution is 6.15. The number of nitrogens with one attached hydrogen (secondary N) is 1. The smallest absolute Gasteiger partial charge is 0.227 e. The summed E-state index contributed by atoms with van der Waals surface area (Å²) in [6.07, 6.45) is 7.66. The van der Waals surface area contributed by atoms with E-state index in [1.165, 1.54) is 12.6 Å². The van der Waals surface area contributed by atoms with E-state index in [1.807, 2.05) is 32.0 Å². The molecule has 0 unspecified atom stereocenters. The number of nitrogens with zero attached hydrogens (tertiary/aromatic N) is 1. The van der Waals surface area contributed by atoms with Crippen molar-refractivity contribution in [1.29, 1.82) is 0 Å². The van der Waals surface area contributed by atoms with Gasteiger partial charge in [0.05, 0.1) is 11.3 Å². The third-order valence-electron chi connectivity index (χ3n) is 5.33. The van der Waals surface area contributed by atoms with Crippen molar-refractivity contribution in [3.63, 3.8) is 0 Å². The summed E-state index contributed by atoms with van der Waals surface area (Å²) in [5.41, 5.74) is 1.40. The van der Waals surface area contributed by atoms with Crippen LogP contribution in [0, 0.1) is 11.3 Å². The van der Waals surface area contributed by atoms with Crippen LogP contribution in [-0.4, -0.2) is 23.0 Å². The molecule has 1 saturated carbocycles. The van der Waals surface area contributed by atoms with Crippen LogP contribution in [0.5, 0.6) is 0 Å². The second-order valence-electron chi connectivity index (χ2n) is 8.43. The van der Waals surface area contributed by atoms with Gasteiger partial charge in [0.25, 0.3) is 0 Å². The third kappa shape index (κ3) is 5.06. The first-order valence-corrected chi connectivity index (χ1v) is 9.74. The van der Waals surface area contributed by atoms with Crippen molar-refractivity contribution in [2.45, 2.75) is 58.8 Å². The molecule has 144 valence electrons. The standard InChI is InChI=1S/C22H28N2O3/c1-22(2)12-19(25)18(20(26)13-22)14-23-16-9-6-10-17(11-16)24-21(27)15-7-4-3-5-8-15/h6,9-11,14-15,25H,3-5,7-8,12-13H2,1-2H3,(H,24,27). The van der Waals surface area contributed by atoms with E-state index in [0.29, 0.717) is 24.2 Å². The number of carbonyl (C=O) groups excluding carboxylic acids is 2. The molecule has 0 bridgehead atoms. The van der Waals surface area contributed by atoms with Gasteiger partial charge in [-0.05, 0) is 36.5 Å². The van der Waals surface area contributed by atoms with Gasteiger partial charge in [-0.15, -0.1) is 0 Å². The maximum atomic E-state index is 12.4. The Morgan fingerprint density at radius 3 is 2.67 bits per heavy atom. The third-order valence-corrected chi connectivity index (χ3v) is 5.33. The van der Waals surface area contributed by atoms with E-state index in [1.54, 1.807) is 6.07 Å². The predicted molar refractivity (Wildman–Crippen MR) is 107 cm³/mol. The van der Waals surface area contributed by atoms with E-state index in [9.17, 15) is 14.7 Å². The number of aliphatic hydroxyl groups excluding tert-OH is 1. The van der Waals surface area contributed by atoms with Crippen LogP contribution in [0.15, 0.2) is 40.6 Å². The Labute approximate surface area is 160 Å². The SMILES string of the molecule is CC1(C)CC(=O)C(C=Nc2cccc(NC(=O)C3CCCCC3)c2)=C(O)C1. The normalized spacial score (nSPS) is 20.9. The molecule has 0 heterocycles. The minimum Gasteiger partial charge on any atom is -0.511 e. The molecule has 0 radical (unpaired) electrons. The summed E-state index contributed by atoms with van der Waals surface area (Å²) >= 11 is 0. The second kappa shape index (κ2) is 8.07. The maximum Gasteiger partial charge on any atom is 0.227 e. The number of anilines is 1. The molecule has 5 heteroatoms. The Kier molecular flexibility index (Phi) is 5.78. The lowest BCUT2D eigenvalue weighted by Gasteiger charge is -2.28. The van der Waals surface area contributed by atoms with Gasteiger partial charge in [0.2, 0.25) is 5.91 Å². The fourth-order valence-corrected chi connectivity index (χ4v) is 3.86. The first-order chi connectivity index (χ1) is 12.8. The average molecular weight is 368 g/mol. The molecule has 1 amide bonds. The number of allylic oxidation sites excluding steroid dienone is 2. The van der Waals surface area contributed by atoms with Gasteiger partial charge in [-0.2, -0.15) is 0 Å². The molecular weight excluding hydrogens is 340 g/mol. The van der Waals surface area contributed by atoms with E-state index in [4.69, 9.17) is 0 Å². The lowest BCUT2D eigenvalue weighted by molar-refractivity contribution is -0.121. The molecular formula is C22H28N2O3. The Hall–Kier alpha value is -2.43. The molecule has 0 spiro atoms. The van der Waals surface area contributed by atoms with Crippen LogP contribution in [0.2, 0.25) is 0 Å². The monoisotopic (exact) mass is 368 g/mol. The zero-order chi connectivity index (χ0) is 19.4. The Morgan fingerprint density at radius 1 is 1.22 bits per heavy atom. The molecule has 1 fully saturated rings. The number of hydrogen-bond donors (Lipinski definition) is 2. The molecule has 1 aromatic carbocycles. The Morgan fingerprint density at radius 2 is 1.96 bits per heavy atom. The number of hydrogen-bond acceptors (Lipinski definition) is 4. The quantitative estimate of drug-likeness (QED) is 0.725. The number of aliphatic hydroxyl groups is 1. The molecule has 2 aliphatic carbocycles. The van der Waals surface area contributed by atoms with Crippen LogP contribution in [-0.2, 0) is 9.59 Å². The van der Waals surface area contributed by atoms with Crippen molar-refractivity contribution in [2.24, 2.45) is 16.3 Å². The largest absolute Gasteiger partial charge is 0.511 e. The van der Waals surface area contributed by atoms with Gasteiger partial charge in [0, 0.05) is 30.7 Å². The van der Waals surface area contributed by atoms with E-state index in [0.717, 1.165) is 25.7 Å². The summed E-state index contributed by atoms with van der Waals surface area (Å²) < 4.78 is 0. The van der Waals surface area contributed by atoms with E-state index < -0.39 is 0 Å². The molecule has 3 rings (SSSR count). The molecule has 27 heavy (non-hydrogen) atoms. The predicted octanol–water partition coefficient (Wildman–Crippen LogP) is 5.11. The zero-order valence-electron chi connectivity index (χ0n) is 16.1. The van der Waals surface area contributed by atoms with Gasteiger partial charge in [-0.25, -0.2) is 0 Å². The molecule has 5 nitrogen and oxygen atoms in total. The Balaban J connectivity index is 1.69. The van der Waals surface area contributed by atoms with Crippen LogP contribution in [0.25, 0.3) is 0 Å². The highest BCUT2D eigenvalue weighted by atomic mass is 16.3. The summed E-state index contributed by atoms with van der Waals surface area (Å²) in [7, 11) is 0. The van der Waals surface area contributed by atoms with Crippen molar-refractivity contribution in [2.75, 3.05) is 5.32 Å². The summed E-state index contributed by atoms with van der Waals surface area (Å²) in [5, 5.41) is 13.2. The van der Waals surface area contributed by atoms with Gasteiger partial charge in [-0.3, -0.25) is 14.6 Å². The van der Waals surface area contributed by atoms with Crippen molar-refractivity contribution < 1.29 is 14.7 Å². The first kappa shape index (κ1) is 19.3. The number of amides is 1.